The number of imidazole rings is 1. The zero-order valence-corrected chi connectivity index (χ0v) is 12.2. The minimum atomic E-state index is -1.02. The minimum Gasteiger partial charge on any atom is -0.476 e. The molecule has 1 aliphatic rings. The summed E-state index contributed by atoms with van der Waals surface area (Å²) in [4.78, 5) is 15.5. The summed E-state index contributed by atoms with van der Waals surface area (Å²) < 4.78 is 3.85. The molecule has 2 aromatic heterocycles. The van der Waals surface area contributed by atoms with Gasteiger partial charge in [-0.25, -0.2) is 14.5 Å². The minimum absolute atomic E-state index is 0.0567. The van der Waals surface area contributed by atoms with E-state index in [0.717, 1.165) is 5.69 Å². The van der Waals surface area contributed by atoms with Crippen LogP contribution in [0.25, 0.3) is 0 Å². The Hall–Kier alpha value is -2.18. The molecule has 7 heteroatoms. The maximum absolute atomic E-state index is 11.3. The van der Waals surface area contributed by atoms with Gasteiger partial charge in [0.05, 0.1) is 30.5 Å². The van der Waals surface area contributed by atoms with Crippen LogP contribution in [0.3, 0.4) is 0 Å². The van der Waals surface area contributed by atoms with Crippen LogP contribution < -0.4 is 0 Å². The summed E-state index contributed by atoms with van der Waals surface area (Å²) >= 11 is 0. The number of rotatable bonds is 6. The lowest BCUT2D eigenvalue weighted by Gasteiger charge is -2.11. The summed E-state index contributed by atoms with van der Waals surface area (Å²) in [7, 11) is 0. The Labute approximate surface area is 122 Å². The fourth-order valence-electron chi connectivity index (χ4n) is 2.50. The van der Waals surface area contributed by atoms with Gasteiger partial charge < -0.3 is 9.67 Å². The van der Waals surface area contributed by atoms with Gasteiger partial charge in [0.15, 0.2) is 5.69 Å². The molecule has 2 aromatic rings. The fourth-order valence-corrected chi connectivity index (χ4v) is 2.50. The third-order valence-electron chi connectivity index (χ3n) is 3.64. The van der Waals surface area contributed by atoms with Gasteiger partial charge in [0.2, 0.25) is 0 Å². The van der Waals surface area contributed by atoms with Crippen LogP contribution in [0.2, 0.25) is 0 Å². The standard InChI is InChI=1S/C14H19N5O2/c1-9(2)5-12-13(14(20)21)16-17-19(12)7-11-6-15-8-18(11)10-3-4-10/h6,8-10H,3-5,7H2,1-2H3,(H,20,21). The molecule has 1 fully saturated rings. The second-order valence-corrected chi connectivity index (χ2v) is 5.97. The largest absolute Gasteiger partial charge is 0.476 e. The SMILES string of the molecule is CC(C)Cc1c(C(=O)O)nnn1Cc1cncn1C1CC1. The molecule has 1 N–H and O–H groups in total. The second kappa shape index (κ2) is 5.31. The van der Waals surface area contributed by atoms with Gasteiger partial charge in [-0.1, -0.05) is 19.1 Å². The Kier molecular flexibility index (Phi) is 3.48. The first-order valence-electron chi connectivity index (χ1n) is 7.22. The number of hydrogen-bond donors (Lipinski definition) is 1. The summed E-state index contributed by atoms with van der Waals surface area (Å²) in [6, 6.07) is 0.540. The summed E-state index contributed by atoms with van der Waals surface area (Å²) in [5.41, 5.74) is 1.78. The van der Waals surface area contributed by atoms with Gasteiger partial charge in [0, 0.05) is 6.04 Å². The Morgan fingerprint density at radius 1 is 1.48 bits per heavy atom. The van der Waals surface area contributed by atoms with Crippen LogP contribution in [-0.4, -0.2) is 35.6 Å². The summed E-state index contributed by atoms with van der Waals surface area (Å²) in [6.45, 7) is 4.62. The monoisotopic (exact) mass is 289 g/mol. The lowest BCUT2D eigenvalue weighted by molar-refractivity contribution is 0.0689. The molecule has 2 heterocycles. The average molecular weight is 289 g/mol. The number of carboxylic acid groups (broad SMARTS) is 1. The van der Waals surface area contributed by atoms with Gasteiger partial charge in [-0.15, -0.1) is 5.10 Å². The van der Waals surface area contributed by atoms with Gasteiger partial charge in [0.25, 0.3) is 0 Å². The first-order chi connectivity index (χ1) is 10.1. The van der Waals surface area contributed by atoms with Gasteiger partial charge in [-0.2, -0.15) is 0 Å². The molecule has 3 rings (SSSR count). The molecule has 1 aliphatic carbocycles. The molecule has 0 radical (unpaired) electrons. The number of carboxylic acids is 1. The highest BCUT2D eigenvalue weighted by Gasteiger charge is 2.26. The van der Waals surface area contributed by atoms with Crippen molar-refractivity contribution < 1.29 is 9.90 Å². The van der Waals surface area contributed by atoms with Crippen LogP contribution in [0.4, 0.5) is 0 Å². The number of aromatic carboxylic acids is 1. The Morgan fingerprint density at radius 2 is 2.24 bits per heavy atom. The molecule has 0 unspecified atom stereocenters. The predicted octanol–water partition coefficient (Wildman–Crippen LogP) is 1.75. The first-order valence-corrected chi connectivity index (χ1v) is 7.22. The maximum Gasteiger partial charge on any atom is 0.358 e. The van der Waals surface area contributed by atoms with Crippen LogP contribution >= 0.6 is 0 Å². The predicted molar refractivity (Wildman–Crippen MR) is 75.1 cm³/mol. The maximum atomic E-state index is 11.3. The van der Waals surface area contributed by atoms with Gasteiger partial charge >= 0.3 is 5.97 Å². The molecule has 0 aliphatic heterocycles. The molecule has 21 heavy (non-hydrogen) atoms. The Morgan fingerprint density at radius 3 is 2.86 bits per heavy atom. The average Bonchev–Trinajstić information content (AvgIpc) is 3.03. The topological polar surface area (TPSA) is 85.8 Å². The molecule has 112 valence electrons. The Balaban J connectivity index is 1.90. The van der Waals surface area contributed by atoms with Crippen molar-refractivity contribution in [2.45, 2.75) is 45.7 Å². The van der Waals surface area contributed by atoms with Crippen molar-refractivity contribution in [3.63, 3.8) is 0 Å². The molecule has 1 saturated carbocycles. The van der Waals surface area contributed by atoms with Crippen molar-refractivity contribution in [1.82, 2.24) is 24.5 Å². The third-order valence-corrected chi connectivity index (χ3v) is 3.64. The van der Waals surface area contributed by atoms with E-state index in [4.69, 9.17) is 0 Å². The van der Waals surface area contributed by atoms with E-state index in [1.807, 2.05) is 12.5 Å². The third kappa shape index (κ3) is 2.81. The van der Waals surface area contributed by atoms with Crippen LogP contribution in [-0.2, 0) is 13.0 Å². The molecule has 0 atom stereocenters. The number of nitrogens with zero attached hydrogens (tertiary/aromatic N) is 5. The molecule has 0 bridgehead atoms. The Bertz CT molecular complexity index is 654. The van der Waals surface area contributed by atoms with Crippen LogP contribution in [0.5, 0.6) is 0 Å². The second-order valence-electron chi connectivity index (χ2n) is 5.97. The highest BCUT2D eigenvalue weighted by molar-refractivity contribution is 5.86. The number of hydrogen-bond acceptors (Lipinski definition) is 4. The molecule has 0 amide bonds. The zero-order chi connectivity index (χ0) is 15.0. The summed E-state index contributed by atoms with van der Waals surface area (Å²) in [5, 5.41) is 17.1. The van der Waals surface area contributed by atoms with E-state index in [1.54, 1.807) is 4.68 Å². The van der Waals surface area contributed by atoms with E-state index in [0.29, 0.717) is 30.6 Å². The van der Waals surface area contributed by atoms with Gasteiger partial charge in [-0.05, 0) is 25.2 Å². The molecular formula is C14H19N5O2. The molecule has 7 nitrogen and oxygen atoms in total. The smallest absolute Gasteiger partial charge is 0.358 e. The number of aromatic nitrogens is 5. The molecule has 0 spiro atoms. The van der Waals surface area contributed by atoms with E-state index in [-0.39, 0.29) is 5.69 Å². The van der Waals surface area contributed by atoms with E-state index < -0.39 is 5.97 Å². The summed E-state index contributed by atoms with van der Waals surface area (Å²) in [6.07, 6.45) is 6.66. The highest BCUT2D eigenvalue weighted by Crippen LogP contribution is 2.35. The lowest BCUT2D eigenvalue weighted by atomic mass is 10.1. The molecule has 0 saturated heterocycles. The van der Waals surface area contributed by atoms with Crippen molar-refractivity contribution in [2.24, 2.45) is 5.92 Å². The van der Waals surface area contributed by atoms with Crippen molar-refractivity contribution in [1.29, 1.82) is 0 Å². The van der Waals surface area contributed by atoms with E-state index >= 15 is 0 Å². The van der Waals surface area contributed by atoms with E-state index in [1.165, 1.54) is 12.8 Å². The normalized spacial score (nSPS) is 14.8. The van der Waals surface area contributed by atoms with Crippen LogP contribution in [0, 0.1) is 5.92 Å². The molecular weight excluding hydrogens is 270 g/mol. The van der Waals surface area contributed by atoms with Crippen molar-refractivity contribution >= 4 is 5.97 Å². The van der Waals surface area contributed by atoms with Crippen molar-refractivity contribution in [3.05, 3.63) is 29.6 Å². The summed E-state index contributed by atoms with van der Waals surface area (Å²) in [5.74, 6) is -0.679. The lowest BCUT2D eigenvalue weighted by Crippen LogP contribution is -2.13. The van der Waals surface area contributed by atoms with E-state index in [2.05, 4.69) is 33.7 Å². The van der Waals surface area contributed by atoms with Gasteiger partial charge in [0.1, 0.15) is 0 Å². The van der Waals surface area contributed by atoms with Crippen molar-refractivity contribution in [2.75, 3.05) is 0 Å². The zero-order valence-electron chi connectivity index (χ0n) is 12.2. The quantitative estimate of drug-likeness (QED) is 0.875. The first kappa shape index (κ1) is 13.8. The van der Waals surface area contributed by atoms with Crippen LogP contribution in [0.1, 0.15) is 54.6 Å². The number of carbonyl (C=O) groups is 1. The van der Waals surface area contributed by atoms with Crippen molar-refractivity contribution in [3.8, 4) is 0 Å². The van der Waals surface area contributed by atoms with E-state index in [9.17, 15) is 9.90 Å². The highest BCUT2D eigenvalue weighted by atomic mass is 16.4. The van der Waals surface area contributed by atoms with Gasteiger partial charge in [-0.3, -0.25) is 0 Å². The van der Waals surface area contributed by atoms with Crippen LogP contribution in [0.15, 0.2) is 12.5 Å². The molecule has 0 aromatic carbocycles. The fraction of sp³-hybridized carbons (Fsp3) is 0.571.